The molecule has 7 heteroatoms. The molecule has 2 aromatic carbocycles. The van der Waals surface area contributed by atoms with Crippen molar-refractivity contribution < 1.29 is 24.2 Å². The number of nitro groups is 1. The predicted octanol–water partition coefficient (Wildman–Crippen LogP) is 3.10. The van der Waals surface area contributed by atoms with E-state index in [9.17, 15) is 15.2 Å². The summed E-state index contributed by atoms with van der Waals surface area (Å²) in [4.78, 5) is 10.5. The first-order valence-electron chi connectivity index (χ1n) is 7.72. The van der Waals surface area contributed by atoms with Crippen LogP contribution in [0.25, 0.3) is 0 Å². The van der Waals surface area contributed by atoms with Gasteiger partial charge in [0.2, 0.25) is 5.75 Å². The fourth-order valence-corrected chi connectivity index (χ4v) is 2.39. The number of hydrogen-bond acceptors (Lipinski definition) is 6. The molecule has 0 aromatic heterocycles. The zero-order chi connectivity index (χ0) is 19.1. The number of hydrogen-bond donors (Lipinski definition) is 1. The zero-order valence-corrected chi connectivity index (χ0v) is 14.7. The maximum atomic E-state index is 11.0. The van der Waals surface area contributed by atoms with Gasteiger partial charge in [0.1, 0.15) is 5.56 Å². The van der Waals surface area contributed by atoms with Gasteiger partial charge in [0.05, 0.1) is 32.4 Å². The van der Waals surface area contributed by atoms with E-state index >= 15 is 0 Å². The van der Waals surface area contributed by atoms with E-state index in [0.29, 0.717) is 28.4 Å². The molecule has 1 N–H and O–H groups in total. The second-order valence-electron chi connectivity index (χ2n) is 5.25. The summed E-state index contributed by atoms with van der Waals surface area (Å²) in [6.45, 7) is 0. The molecule has 0 heterocycles. The van der Waals surface area contributed by atoms with Gasteiger partial charge in [0.25, 0.3) is 5.69 Å². The molecule has 2 rings (SSSR count). The van der Waals surface area contributed by atoms with Crippen LogP contribution in [0.3, 0.4) is 0 Å². The number of nitrogens with zero attached hydrogens (tertiary/aromatic N) is 1. The highest BCUT2D eigenvalue weighted by atomic mass is 16.6. The summed E-state index contributed by atoms with van der Waals surface area (Å²) in [6, 6.07) is 9.48. The Hall–Kier alpha value is -3.24. The first kappa shape index (κ1) is 19.1. The molecular formula is C19H19NO6. The van der Waals surface area contributed by atoms with Crippen LogP contribution in [-0.2, 0) is 0 Å². The lowest BCUT2D eigenvalue weighted by atomic mass is 10.0. The lowest BCUT2D eigenvalue weighted by molar-refractivity contribution is -0.385. The third kappa shape index (κ3) is 4.23. The van der Waals surface area contributed by atoms with Gasteiger partial charge in [-0.1, -0.05) is 24.0 Å². The van der Waals surface area contributed by atoms with E-state index in [0.717, 1.165) is 0 Å². The summed E-state index contributed by atoms with van der Waals surface area (Å²) in [5.41, 5.74) is 0.772. The highest BCUT2D eigenvalue weighted by molar-refractivity contribution is 5.54. The molecule has 0 radical (unpaired) electrons. The fraction of sp³-hybridized carbons (Fsp3) is 0.263. The minimum atomic E-state index is -0.918. The van der Waals surface area contributed by atoms with Gasteiger partial charge in [-0.15, -0.1) is 0 Å². The number of aliphatic hydroxyl groups is 1. The smallest absolute Gasteiger partial charge is 0.284 e. The fourth-order valence-electron chi connectivity index (χ4n) is 2.39. The Balaban J connectivity index is 2.24. The Morgan fingerprint density at radius 1 is 1.12 bits per heavy atom. The summed E-state index contributed by atoms with van der Waals surface area (Å²) in [5, 5.41) is 21.4. The quantitative estimate of drug-likeness (QED) is 0.485. The molecule has 2 aromatic rings. The highest BCUT2D eigenvalue weighted by Gasteiger charge is 2.17. The van der Waals surface area contributed by atoms with E-state index in [-0.39, 0.29) is 12.1 Å². The number of methoxy groups -OCH3 is 3. The van der Waals surface area contributed by atoms with Gasteiger partial charge >= 0.3 is 0 Å². The van der Waals surface area contributed by atoms with E-state index in [1.54, 1.807) is 30.3 Å². The molecule has 0 saturated heterocycles. The molecule has 0 aliphatic heterocycles. The Labute approximate surface area is 151 Å². The average Bonchev–Trinajstić information content (AvgIpc) is 2.66. The van der Waals surface area contributed by atoms with Gasteiger partial charge in [-0.3, -0.25) is 10.1 Å². The van der Waals surface area contributed by atoms with E-state index in [4.69, 9.17) is 14.2 Å². The lowest BCUT2D eigenvalue weighted by Crippen LogP contribution is -2.01. The number of rotatable bonds is 6. The molecule has 0 aliphatic rings. The van der Waals surface area contributed by atoms with Crippen LogP contribution in [0.4, 0.5) is 5.69 Å². The van der Waals surface area contributed by atoms with E-state index < -0.39 is 11.0 Å². The first-order chi connectivity index (χ1) is 12.5. The number of para-hydroxylation sites is 1. The van der Waals surface area contributed by atoms with Gasteiger partial charge in [0.15, 0.2) is 11.5 Å². The van der Waals surface area contributed by atoms with E-state index in [1.807, 2.05) is 0 Å². The number of nitro benzene ring substituents is 1. The van der Waals surface area contributed by atoms with Crippen molar-refractivity contribution in [1.29, 1.82) is 0 Å². The van der Waals surface area contributed by atoms with Crippen LogP contribution in [0.5, 0.6) is 17.2 Å². The highest BCUT2D eigenvalue weighted by Crippen LogP contribution is 2.40. The van der Waals surface area contributed by atoms with Crippen molar-refractivity contribution in [2.75, 3.05) is 21.3 Å². The summed E-state index contributed by atoms with van der Waals surface area (Å²) in [7, 11) is 4.47. The zero-order valence-electron chi connectivity index (χ0n) is 14.7. The van der Waals surface area contributed by atoms with Gasteiger partial charge < -0.3 is 19.3 Å². The molecule has 7 nitrogen and oxygen atoms in total. The minimum absolute atomic E-state index is 0.0673. The maximum absolute atomic E-state index is 11.0. The van der Waals surface area contributed by atoms with Gasteiger partial charge in [0, 0.05) is 12.5 Å². The van der Waals surface area contributed by atoms with Crippen molar-refractivity contribution in [3.63, 3.8) is 0 Å². The summed E-state index contributed by atoms with van der Waals surface area (Å²) >= 11 is 0. The standard InChI is InChI=1S/C19H19NO6/c1-24-17-11-14(12-18(25-2)19(17)26-3)16(21)10-6-8-13-7-4-5-9-15(13)20(22)23/h4-5,7,9,11-12,16,21H,10H2,1-3H3. The molecule has 0 bridgehead atoms. The van der Waals surface area contributed by atoms with Crippen molar-refractivity contribution in [3.8, 4) is 29.1 Å². The molecular weight excluding hydrogens is 338 g/mol. The molecule has 0 fully saturated rings. The number of benzene rings is 2. The molecule has 1 unspecified atom stereocenters. The first-order valence-corrected chi connectivity index (χ1v) is 7.72. The summed E-state index contributed by atoms with van der Waals surface area (Å²) in [5.74, 6) is 6.79. The Morgan fingerprint density at radius 2 is 1.73 bits per heavy atom. The van der Waals surface area contributed by atoms with Crippen molar-refractivity contribution in [3.05, 3.63) is 57.6 Å². The van der Waals surface area contributed by atoms with Gasteiger partial charge in [-0.25, -0.2) is 0 Å². The topological polar surface area (TPSA) is 91.1 Å². The Morgan fingerprint density at radius 3 is 2.27 bits per heavy atom. The van der Waals surface area contributed by atoms with Crippen LogP contribution in [0, 0.1) is 22.0 Å². The van der Waals surface area contributed by atoms with Crippen molar-refractivity contribution >= 4 is 5.69 Å². The second kappa shape index (κ2) is 8.74. The van der Waals surface area contributed by atoms with Crippen LogP contribution in [0.2, 0.25) is 0 Å². The molecule has 0 aliphatic carbocycles. The molecule has 0 spiro atoms. The van der Waals surface area contributed by atoms with E-state index in [1.165, 1.54) is 27.4 Å². The van der Waals surface area contributed by atoms with Crippen LogP contribution >= 0.6 is 0 Å². The SMILES string of the molecule is COc1cc(C(O)CC#Cc2ccccc2[N+](=O)[O-])cc(OC)c1OC. The van der Waals surface area contributed by atoms with Crippen LogP contribution in [0.1, 0.15) is 23.7 Å². The van der Waals surface area contributed by atoms with Crippen molar-refractivity contribution in [1.82, 2.24) is 0 Å². The Kier molecular flexibility index (Phi) is 6.42. The lowest BCUT2D eigenvalue weighted by Gasteiger charge is -2.16. The molecule has 136 valence electrons. The molecule has 0 saturated carbocycles. The predicted molar refractivity (Wildman–Crippen MR) is 95.6 cm³/mol. The number of aliphatic hydroxyl groups excluding tert-OH is 1. The molecule has 1 atom stereocenters. The van der Waals surface area contributed by atoms with Crippen molar-refractivity contribution in [2.24, 2.45) is 0 Å². The summed E-state index contributed by atoms with van der Waals surface area (Å²) in [6.07, 6.45) is -0.830. The van der Waals surface area contributed by atoms with Gasteiger partial charge in [-0.2, -0.15) is 0 Å². The van der Waals surface area contributed by atoms with Crippen LogP contribution in [0.15, 0.2) is 36.4 Å². The number of ether oxygens (including phenoxy) is 3. The summed E-state index contributed by atoms with van der Waals surface area (Å²) < 4.78 is 15.8. The monoisotopic (exact) mass is 357 g/mol. The largest absolute Gasteiger partial charge is 0.493 e. The average molecular weight is 357 g/mol. The van der Waals surface area contributed by atoms with E-state index in [2.05, 4.69) is 11.8 Å². The molecule has 0 amide bonds. The Bertz CT molecular complexity index is 828. The van der Waals surface area contributed by atoms with Crippen LogP contribution < -0.4 is 14.2 Å². The maximum Gasteiger partial charge on any atom is 0.284 e. The third-order valence-electron chi connectivity index (χ3n) is 3.69. The normalized spacial score (nSPS) is 11.1. The molecule has 26 heavy (non-hydrogen) atoms. The second-order valence-corrected chi connectivity index (χ2v) is 5.25. The van der Waals surface area contributed by atoms with Crippen molar-refractivity contribution in [2.45, 2.75) is 12.5 Å². The minimum Gasteiger partial charge on any atom is -0.493 e. The third-order valence-corrected chi connectivity index (χ3v) is 3.69. The van der Waals surface area contributed by atoms with Crippen LogP contribution in [-0.4, -0.2) is 31.4 Å². The van der Waals surface area contributed by atoms with Gasteiger partial charge in [-0.05, 0) is 23.8 Å².